The first-order valence-electron chi connectivity index (χ1n) is 16.2. The lowest BCUT2D eigenvalue weighted by Gasteiger charge is -2.55. The largest absolute Gasteiger partial charge is 0.453 e. The molecule has 0 bridgehead atoms. The molecule has 2 unspecified atom stereocenters. The van der Waals surface area contributed by atoms with Crippen molar-refractivity contribution >= 4 is 47.0 Å². The number of fused-ring (bicyclic) bond motifs is 4. The number of esters is 2. The van der Waals surface area contributed by atoms with Crippen molar-refractivity contribution in [2.24, 2.45) is 41.4 Å². The van der Waals surface area contributed by atoms with Crippen LogP contribution in [0.3, 0.4) is 0 Å². The normalized spacial score (nSPS) is 48.5. The van der Waals surface area contributed by atoms with E-state index >= 15 is 0 Å². The Bertz CT molecular complexity index is 1330. The Hall–Kier alpha value is -1.88. The van der Waals surface area contributed by atoms with Gasteiger partial charge in [0.2, 0.25) is 22.9 Å². The fourth-order valence-electron chi connectivity index (χ4n) is 9.92. The number of ether oxygens (including phenoxy) is 2. The van der Waals surface area contributed by atoms with Gasteiger partial charge in [0.25, 0.3) is 0 Å². The molecule has 3 saturated carbocycles. The highest BCUT2D eigenvalue weighted by Gasteiger charge is 2.81. The third kappa shape index (κ3) is 3.86. The maximum atomic E-state index is 12.3. The molecule has 4 saturated heterocycles. The number of carbonyl (C=O) groups is 4. The van der Waals surface area contributed by atoms with Gasteiger partial charge in [-0.2, -0.15) is 0 Å². The number of aliphatic hydroxyl groups is 2. The number of amides is 2. The second kappa shape index (κ2) is 10.3. The maximum absolute atomic E-state index is 12.3. The minimum Gasteiger partial charge on any atom is -0.453 e. The third-order valence-corrected chi connectivity index (χ3v) is 13.1. The molecule has 0 radical (unpaired) electrons. The van der Waals surface area contributed by atoms with E-state index in [9.17, 15) is 29.4 Å². The lowest BCUT2D eigenvalue weighted by Crippen LogP contribution is -2.80. The average Bonchev–Trinajstić information content (AvgIpc) is 3.91. The molecule has 242 valence electrons. The summed E-state index contributed by atoms with van der Waals surface area (Å²) in [5.41, 5.74) is -3.69. The molecule has 7 fully saturated rings. The molecule has 8 rings (SSSR count). The highest BCUT2D eigenvalue weighted by Crippen LogP contribution is 2.60. The summed E-state index contributed by atoms with van der Waals surface area (Å²) in [4.78, 5) is 49.3. The third-order valence-electron chi connectivity index (χ3n) is 12.7. The summed E-state index contributed by atoms with van der Waals surface area (Å²) >= 11 is 11.6. The Balaban J connectivity index is 0.000000142. The van der Waals surface area contributed by atoms with Crippen molar-refractivity contribution in [3.05, 3.63) is 11.6 Å². The lowest BCUT2D eigenvalue weighted by atomic mass is 9.63. The van der Waals surface area contributed by atoms with Gasteiger partial charge in [-0.1, -0.05) is 18.9 Å². The van der Waals surface area contributed by atoms with E-state index in [0.29, 0.717) is 48.3 Å². The Morgan fingerprint density at radius 1 is 0.864 bits per heavy atom. The van der Waals surface area contributed by atoms with Gasteiger partial charge in [-0.3, -0.25) is 9.59 Å². The van der Waals surface area contributed by atoms with Crippen molar-refractivity contribution < 1.29 is 38.9 Å². The van der Waals surface area contributed by atoms with Gasteiger partial charge < -0.3 is 30.3 Å². The van der Waals surface area contributed by atoms with Gasteiger partial charge >= 0.3 is 11.9 Å². The van der Waals surface area contributed by atoms with E-state index in [-0.39, 0.29) is 17.7 Å². The van der Waals surface area contributed by atoms with Gasteiger partial charge in [0, 0.05) is 11.8 Å². The predicted molar refractivity (Wildman–Crippen MR) is 158 cm³/mol. The average molecular weight is 654 g/mol. The van der Waals surface area contributed by atoms with E-state index in [2.05, 4.69) is 10.6 Å². The van der Waals surface area contributed by atoms with Crippen molar-refractivity contribution in [1.82, 2.24) is 10.6 Å². The van der Waals surface area contributed by atoms with Crippen LogP contribution in [0.2, 0.25) is 0 Å². The molecule has 4 heterocycles. The van der Waals surface area contributed by atoms with E-state index in [1.165, 1.54) is 6.42 Å². The number of carbonyl (C=O) groups excluding carboxylic acids is 4. The Morgan fingerprint density at radius 2 is 1.45 bits per heavy atom. The smallest absolute Gasteiger partial charge is 0.339 e. The van der Waals surface area contributed by atoms with Crippen molar-refractivity contribution in [3.63, 3.8) is 0 Å². The molecule has 0 aromatic rings. The number of rotatable bonds is 8. The summed E-state index contributed by atoms with van der Waals surface area (Å²) in [6.45, 7) is 3.50. The first-order valence-corrected chi connectivity index (χ1v) is 17.3. The van der Waals surface area contributed by atoms with Crippen LogP contribution in [0.15, 0.2) is 11.6 Å². The van der Waals surface area contributed by atoms with Crippen LogP contribution in [0.25, 0.3) is 0 Å². The van der Waals surface area contributed by atoms with Crippen LogP contribution in [-0.4, -0.2) is 80.2 Å². The molecule has 13 atom stereocenters. The highest BCUT2D eigenvalue weighted by molar-refractivity contribution is 6.18. The molecule has 4 aliphatic heterocycles. The molecule has 0 aromatic carbocycles. The number of hydrogen-bond acceptors (Lipinski definition) is 8. The molecule has 8 aliphatic rings. The zero-order valence-electron chi connectivity index (χ0n) is 25.2. The molecular weight excluding hydrogens is 611 g/mol. The van der Waals surface area contributed by atoms with Gasteiger partial charge in [0.05, 0.1) is 17.9 Å². The first kappa shape index (κ1) is 30.8. The van der Waals surface area contributed by atoms with Crippen LogP contribution in [0, 0.1) is 41.4 Å². The lowest BCUT2D eigenvalue weighted by molar-refractivity contribution is -0.240. The first-order chi connectivity index (χ1) is 20.9. The molecule has 4 aliphatic carbocycles. The van der Waals surface area contributed by atoms with Crippen molar-refractivity contribution in [1.29, 1.82) is 0 Å². The molecule has 2 amide bonds. The zero-order valence-corrected chi connectivity index (χ0v) is 26.7. The summed E-state index contributed by atoms with van der Waals surface area (Å²) in [6.07, 6.45) is 8.57. The molecule has 0 aromatic heterocycles. The van der Waals surface area contributed by atoms with Gasteiger partial charge in [-0.05, 0) is 94.0 Å². The van der Waals surface area contributed by atoms with E-state index in [1.807, 2.05) is 6.08 Å². The van der Waals surface area contributed by atoms with Crippen LogP contribution in [0.1, 0.15) is 71.6 Å². The molecule has 0 spiro atoms. The molecule has 4 N–H and O–H groups in total. The Morgan fingerprint density at radius 3 is 2.05 bits per heavy atom. The number of nitrogens with one attached hydrogen (secondary N) is 2. The number of halogens is 2. The van der Waals surface area contributed by atoms with Gasteiger partial charge in [0.15, 0.2) is 11.2 Å². The van der Waals surface area contributed by atoms with Crippen molar-refractivity contribution in [3.8, 4) is 0 Å². The predicted octanol–water partition coefficient (Wildman–Crippen LogP) is 2.35. The maximum Gasteiger partial charge on any atom is 0.339 e. The Labute approximate surface area is 266 Å². The second-order valence-electron chi connectivity index (χ2n) is 14.6. The number of aliphatic hydroxyl groups excluding tert-OH is 2. The number of alkyl halides is 2. The van der Waals surface area contributed by atoms with Crippen LogP contribution in [0.4, 0.5) is 0 Å². The van der Waals surface area contributed by atoms with E-state index in [1.54, 1.807) is 13.8 Å². The summed E-state index contributed by atoms with van der Waals surface area (Å²) in [6, 6.07) is 0. The molecule has 12 heteroatoms. The minimum absolute atomic E-state index is 0.0842. The molecule has 44 heavy (non-hydrogen) atoms. The summed E-state index contributed by atoms with van der Waals surface area (Å²) in [7, 11) is 0. The summed E-state index contributed by atoms with van der Waals surface area (Å²) in [5.74, 6) is 0.427. The zero-order chi connectivity index (χ0) is 31.4. The minimum atomic E-state index is -1.34. The molecular formula is C32H42Cl2N2O8. The van der Waals surface area contributed by atoms with Crippen LogP contribution < -0.4 is 10.6 Å². The fourth-order valence-corrected chi connectivity index (χ4v) is 10.4. The monoisotopic (exact) mass is 652 g/mol. The van der Waals surface area contributed by atoms with Crippen molar-refractivity contribution in [2.45, 2.75) is 106 Å². The summed E-state index contributed by atoms with van der Waals surface area (Å²) in [5, 5.41) is 27.6. The number of allylic oxidation sites excluding steroid dienone is 1. The second-order valence-corrected chi connectivity index (χ2v) is 15.4. The molecule has 10 nitrogen and oxygen atoms in total. The summed E-state index contributed by atoms with van der Waals surface area (Å²) < 4.78 is 10.8. The van der Waals surface area contributed by atoms with Gasteiger partial charge in [0.1, 0.15) is 6.10 Å². The number of hydrogen-bond donors (Lipinski definition) is 4. The van der Waals surface area contributed by atoms with Crippen LogP contribution in [0.5, 0.6) is 0 Å². The van der Waals surface area contributed by atoms with Gasteiger partial charge in [-0.25, -0.2) is 9.59 Å². The SMILES string of the molecule is C[C@@]12OC(=O)C1([C@@H](O)C1=CCC[C@@H]3C[C@H]13)NC(=O)[C@@H]2CCCl.C[C@@]12OC(=O)C1([C@@H](O)[C@H]1CCC[C@@H]3C[C@@H]31)NC(=O)[C@@H]2CCCl. The van der Waals surface area contributed by atoms with E-state index in [0.717, 1.165) is 44.1 Å². The fraction of sp³-hybridized carbons (Fsp3) is 0.812. The quantitative estimate of drug-likeness (QED) is 0.177. The van der Waals surface area contributed by atoms with E-state index < -0.39 is 58.3 Å². The van der Waals surface area contributed by atoms with E-state index in [4.69, 9.17) is 32.7 Å². The Kier molecular flexibility index (Phi) is 7.21. The van der Waals surface area contributed by atoms with Crippen molar-refractivity contribution in [2.75, 3.05) is 11.8 Å². The topological polar surface area (TPSA) is 151 Å². The van der Waals surface area contributed by atoms with Crippen LogP contribution in [-0.2, 0) is 28.7 Å². The standard InChI is InChI=1S/C16H22ClNO4.C16H20ClNO4/c2*1-15-11(5-6-17)13(20)18-16(15,14(21)22-15)12(19)9-4-2-3-8-7-10(8)9/h8-12,19H,2-7H2,1H3,(H,18,20);4,8,10-12,19H,2-3,5-7H2,1H3,(H,18,20)/t8-,9+,10+,11+,12+,15+,16?;8-,10+,11+,12+,15+,16?/m11/s1. The van der Waals surface area contributed by atoms with Gasteiger partial charge in [-0.15, -0.1) is 23.2 Å². The van der Waals surface area contributed by atoms with Crippen LogP contribution >= 0.6 is 23.2 Å². The highest BCUT2D eigenvalue weighted by atomic mass is 35.5.